The van der Waals surface area contributed by atoms with Crippen molar-refractivity contribution >= 4 is 5.69 Å². The molecule has 100 valence electrons. The molecule has 0 saturated carbocycles. The van der Waals surface area contributed by atoms with E-state index in [1.54, 1.807) is 0 Å². The van der Waals surface area contributed by atoms with Crippen LogP contribution in [0, 0.1) is 18.9 Å². The molecule has 1 saturated heterocycles. The molecule has 0 spiro atoms. The number of nitrogens with zero attached hydrogens (tertiary/aromatic N) is 1. The Bertz CT molecular complexity index is 487. The van der Waals surface area contributed by atoms with E-state index < -0.39 is 0 Å². The number of rotatable bonds is 3. The molecule has 1 heterocycles. The fraction of sp³-hybridized carbons (Fsp3) is 0.471. The Morgan fingerprint density at radius 3 is 2.84 bits per heavy atom. The van der Waals surface area contributed by atoms with Gasteiger partial charge in [-0.2, -0.15) is 0 Å². The van der Waals surface area contributed by atoms with Crippen molar-refractivity contribution in [2.75, 3.05) is 13.1 Å². The van der Waals surface area contributed by atoms with Gasteiger partial charge >= 0.3 is 5.69 Å². The van der Waals surface area contributed by atoms with Crippen molar-refractivity contribution in [2.24, 2.45) is 5.92 Å². The number of allylic oxidation sites excluding steroid dienone is 1. The minimum Gasteiger partial charge on any atom is -0.317 e. The van der Waals surface area contributed by atoms with Crippen molar-refractivity contribution in [1.29, 1.82) is 0 Å². The van der Waals surface area contributed by atoms with E-state index >= 15 is 0 Å². The fourth-order valence-corrected chi connectivity index (χ4v) is 2.49. The van der Waals surface area contributed by atoms with E-state index in [0.29, 0.717) is 0 Å². The molecule has 1 aromatic rings. The number of hydrogen-bond acceptors (Lipinski definition) is 1. The quantitative estimate of drug-likeness (QED) is 0.797. The lowest BCUT2D eigenvalue weighted by atomic mass is 9.90. The maximum absolute atomic E-state index is 4.42. The standard InChI is InChI=1S/C17H23N2/c1-14(13-16-8-10-18-11-9-16)7-12-19-17-6-4-3-5-15(17)2/h3-6,16,18H,1,7-11,13H2,2H3/q+1. The molecule has 2 rings (SSSR count). The summed E-state index contributed by atoms with van der Waals surface area (Å²) in [5, 5.41) is 3.40. The maximum atomic E-state index is 4.42. The highest BCUT2D eigenvalue weighted by atomic mass is 14.9. The van der Waals surface area contributed by atoms with Crippen LogP contribution in [-0.4, -0.2) is 13.1 Å². The van der Waals surface area contributed by atoms with E-state index in [-0.39, 0.29) is 0 Å². The summed E-state index contributed by atoms with van der Waals surface area (Å²) < 4.78 is 0. The van der Waals surface area contributed by atoms with Gasteiger partial charge in [0.05, 0.1) is 0 Å². The van der Waals surface area contributed by atoms with Crippen LogP contribution < -0.4 is 5.32 Å². The van der Waals surface area contributed by atoms with E-state index in [2.05, 4.69) is 35.8 Å². The van der Waals surface area contributed by atoms with E-state index in [1.807, 2.05) is 18.2 Å². The SMILES string of the molecule is C=C(CC#[N+]c1ccccc1C)CC1CCNCC1. The Labute approximate surface area is 116 Å². The molecule has 19 heavy (non-hydrogen) atoms. The number of nitrogens with one attached hydrogen (secondary N) is 1. The summed E-state index contributed by atoms with van der Waals surface area (Å²) in [6.07, 6.45) is 4.44. The first-order valence-corrected chi connectivity index (χ1v) is 7.12. The number of hydrogen-bond donors (Lipinski definition) is 1. The summed E-state index contributed by atoms with van der Waals surface area (Å²) >= 11 is 0. The molecule has 1 N–H and O–H groups in total. The van der Waals surface area contributed by atoms with Gasteiger partial charge in [0.1, 0.15) is 6.42 Å². The Balaban J connectivity index is 1.82. The molecule has 2 nitrogen and oxygen atoms in total. The van der Waals surface area contributed by atoms with Crippen molar-refractivity contribution in [3.8, 4) is 6.07 Å². The van der Waals surface area contributed by atoms with Crippen LogP contribution in [0.15, 0.2) is 36.4 Å². The molecule has 0 bridgehead atoms. The van der Waals surface area contributed by atoms with Crippen LogP contribution in [0.4, 0.5) is 5.69 Å². The molecule has 1 aliphatic heterocycles. The van der Waals surface area contributed by atoms with Crippen LogP contribution in [0.3, 0.4) is 0 Å². The minimum absolute atomic E-state index is 0.776. The monoisotopic (exact) mass is 255 g/mol. The van der Waals surface area contributed by atoms with Gasteiger partial charge in [-0.05, 0) is 50.0 Å². The largest absolute Gasteiger partial charge is 0.343 e. The molecule has 0 atom stereocenters. The van der Waals surface area contributed by atoms with Crippen molar-refractivity contribution in [2.45, 2.75) is 32.6 Å². The predicted octanol–water partition coefficient (Wildman–Crippen LogP) is 4.30. The zero-order chi connectivity index (χ0) is 13.5. The molecule has 1 aliphatic rings. The molecule has 0 radical (unpaired) electrons. The first kappa shape index (κ1) is 13.8. The zero-order valence-electron chi connectivity index (χ0n) is 11.8. The molecule has 2 heteroatoms. The number of benzene rings is 1. The van der Waals surface area contributed by atoms with Gasteiger partial charge in [0.2, 0.25) is 0 Å². The van der Waals surface area contributed by atoms with Gasteiger partial charge in [-0.25, -0.2) is 0 Å². The van der Waals surface area contributed by atoms with Crippen LogP contribution >= 0.6 is 0 Å². The third kappa shape index (κ3) is 4.54. The average molecular weight is 255 g/mol. The third-order valence-corrected chi connectivity index (χ3v) is 3.68. The molecule has 0 amide bonds. The topological polar surface area (TPSA) is 16.4 Å². The second kappa shape index (κ2) is 7.11. The number of para-hydroxylation sites is 1. The Morgan fingerprint density at radius 2 is 2.11 bits per heavy atom. The van der Waals surface area contributed by atoms with Gasteiger partial charge in [-0.15, -0.1) is 0 Å². The first-order valence-electron chi connectivity index (χ1n) is 7.12. The summed E-state index contributed by atoms with van der Waals surface area (Å²) in [4.78, 5) is 4.42. The predicted molar refractivity (Wildman–Crippen MR) is 82.1 cm³/mol. The summed E-state index contributed by atoms with van der Waals surface area (Å²) in [7, 11) is 0. The van der Waals surface area contributed by atoms with Crippen molar-refractivity contribution in [3.05, 3.63) is 46.8 Å². The number of aryl methyl sites for hydroxylation is 1. The minimum atomic E-state index is 0.776. The second-order valence-electron chi connectivity index (χ2n) is 5.38. The lowest BCUT2D eigenvalue weighted by Crippen LogP contribution is -2.27. The fourth-order valence-electron chi connectivity index (χ4n) is 2.49. The van der Waals surface area contributed by atoms with Crippen LogP contribution in [0.2, 0.25) is 0 Å². The summed E-state index contributed by atoms with van der Waals surface area (Å²) in [6, 6.07) is 11.3. The summed E-state index contributed by atoms with van der Waals surface area (Å²) in [5.74, 6) is 0.800. The molecule has 1 aromatic carbocycles. The Morgan fingerprint density at radius 1 is 1.37 bits per heavy atom. The third-order valence-electron chi connectivity index (χ3n) is 3.68. The van der Waals surface area contributed by atoms with E-state index in [0.717, 1.165) is 37.5 Å². The van der Waals surface area contributed by atoms with Gasteiger partial charge in [-0.3, -0.25) is 0 Å². The molecule has 0 unspecified atom stereocenters. The smallest absolute Gasteiger partial charge is 0.317 e. The summed E-state index contributed by atoms with van der Waals surface area (Å²) in [6.45, 7) is 8.54. The average Bonchev–Trinajstić information content (AvgIpc) is 2.42. The highest BCUT2D eigenvalue weighted by Crippen LogP contribution is 2.22. The molecule has 1 fully saturated rings. The second-order valence-corrected chi connectivity index (χ2v) is 5.38. The van der Waals surface area contributed by atoms with Crippen molar-refractivity contribution in [3.63, 3.8) is 0 Å². The first-order chi connectivity index (χ1) is 9.25. The zero-order valence-corrected chi connectivity index (χ0v) is 11.8. The highest BCUT2D eigenvalue weighted by Gasteiger charge is 2.14. The van der Waals surface area contributed by atoms with E-state index in [4.69, 9.17) is 0 Å². The van der Waals surface area contributed by atoms with Gasteiger partial charge in [-0.1, -0.05) is 30.4 Å². The van der Waals surface area contributed by atoms with Gasteiger partial charge in [0.25, 0.3) is 6.07 Å². The lowest BCUT2D eigenvalue weighted by molar-refractivity contribution is 0.371. The lowest BCUT2D eigenvalue weighted by Gasteiger charge is -2.22. The van der Waals surface area contributed by atoms with Gasteiger partial charge < -0.3 is 5.32 Å². The molecule has 0 aromatic heterocycles. The van der Waals surface area contributed by atoms with E-state index in [9.17, 15) is 0 Å². The van der Waals surface area contributed by atoms with Crippen LogP contribution in [-0.2, 0) is 0 Å². The van der Waals surface area contributed by atoms with Crippen LogP contribution in [0.1, 0.15) is 31.2 Å². The van der Waals surface area contributed by atoms with Gasteiger partial charge in [0, 0.05) is 11.6 Å². The van der Waals surface area contributed by atoms with Gasteiger partial charge in [0.15, 0.2) is 0 Å². The normalized spacial score (nSPS) is 15.6. The maximum Gasteiger partial charge on any atom is 0.343 e. The Hall–Kier alpha value is -1.59. The van der Waals surface area contributed by atoms with Crippen LogP contribution in [0.5, 0.6) is 0 Å². The highest BCUT2D eigenvalue weighted by molar-refractivity contribution is 5.52. The van der Waals surface area contributed by atoms with Crippen LogP contribution in [0.25, 0.3) is 4.85 Å². The Kier molecular flexibility index (Phi) is 5.18. The molecular weight excluding hydrogens is 232 g/mol. The number of piperidine rings is 1. The molecular formula is C17H23N2+. The van der Waals surface area contributed by atoms with Crippen molar-refractivity contribution < 1.29 is 0 Å². The van der Waals surface area contributed by atoms with Crippen molar-refractivity contribution in [1.82, 2.24) is 5.32 Å². The molecule has 0 aliphatic carbocycles. The summed E-state index contributed by atoms with van der Waals surface area (Å²) in [5.41, 5.74) is 3.46. The van der Waals surface area contributed by atoms with E-state index in [1.165, 1.54) is 24.0 Å².